The maximum absolute atomic E-state index is 5.99. The highest BCUT2D eigenvalue weighted by molar-refractivity contribution is 9.10. The van der Waals surface area contributed by atoms with Gasteiger partial charge in [-0.25, -0.2) is 4.68 Å². The van der Waals surface area contributed by atoms with Crippen LogP contribution in [0.4, 0.5) is 0 Å². The number of nitrogens with two attached hydrogens (primary N) is 1. The van der Waals surface area contributed by atoms with Crippen molar-refractivity contribution in [2.24, 2.45) is 5.73 Å². The van der Waals surface area contributed by atoms with Gasteiger partial charge < -0.3 is 5.73 Å². The van der Waals surface area contributed by atoms with Crippen LogP contribution >= 0.6 is 15.9 Å². The van der Waals surface area contributed by atoms with Gasteiger partial charge in [0.05, 0.1) is 17.4 Å². The monoisotopic (exact) mass is 294 g/mol. The Morgan fingerprint density at radius 1 is 1.35 bits per heavy atom. The van der Waals surface area contributed by atoms with Gasteiger partial charge in [0.25, 0.3) is 0 Å². The van der Waals surface area contributed by atoms with Crippen LogP contribution in [0.5, 0.6) is 0 Å². The first-order valence-electron chi connectivity index (χ1n) is 5.36. The van der Waals surface area contributed by atoms with Crippen LogP contribution in [0.25, 0.3) is 5.69 Å². The molecular weight excluding hydrogens is 280 g/mol. The molecule has 0 atom stereocenters. The van der Waals surface area contributed by atoms with E-state index >= 15 is 0 Å². The molecule has 0 saturated carbocycles. The number of aryl methyl sites for hydroxylation is 1. The largest absolute Gasteiger partial charge is 0.320 e. The Morgan fingerprint density at radius 2 is 2.06 bits per heavy atom. The highest BCUT2D eigenvalue weighted by Crippen LogP contribution is 2.20. The Balaban J connectivity index is 2.44. The lowest BCUT2D eigenvalue weighted by Gasteiger charge is -2.13. The molecule has 1 heterocycles. The third-order valence-electron chi connectivity index (χ3n) is 2.56. The lowest BCUT2D eigenvalue weighted by Crippen LogP contribution is -2.29. The third kappa shape index (κ3) is 2.56. The number of rotatable bonds is 2. The summed E-state index contributed by atoms with van der Waals surface area (Å²) in [6.45, 7) is 5.86. The average Bonchev–Trinajstić information content (AvgIpc) is 2.65. The Bertz CT molecular complexity index is 540. The molecule has 17 heavy (non-hydrogen) atoms. The Hall–Kier alpha value is -1.20. The number of nitrogens with zero attached hydrogens (tertiary/aromatic N) is 3. The van der Waals surface area contributed by atoms with Crippen LogP contribution in [0.3, 0.4) is 0 Å². The van der Waals surface area contributed by atoms with E-state index < -0.39 is 5.54 Å². The summed E-state index contributed by atoms with van der Waals surface area (Å²) in [6, 6.07) is 6.03. The summed E-state index contributed by atoms with van der Waals surface area (Å²) < 4.78 is 2.81. The number of halogens is 1. The van der Waals surface area contributed by atoms with E-state index in [0.717, 1.165) is 21.4 Å². The highest BCUT2D eigenvalue weighted by Gasteiger charge is 2.18. The molecule has 0 aliphatic rings. The first kappa shape index (κ1) is 12.3. The molecule has 2 aromatic rings. The Morgan fingerprint density at radius 3 is 2.59 bits per heavy atom. The van der Waals surface area contributed by atoms with Crippen LogP contribution in [0.1, 0.15) is 25.1 Å². The lowest BCUT2D eigenvalue weighted by atomic mass is 10.0. The lowest BCUT2D eigenvalue weighted by molar-refractivity contribution is 0.533. The molecule has 0 unspecified atom stereocenters. The first-order chi connectivity index (χ1) is 7.88. The fourth-order valence-corrected chi connectivity index (χ4v) is 2.03. The van der Waals surface area contributed by atoms with Crippen molar-refractivity contribution in [2.75, 3.05) is 0 Å². The zero-order valence-electron chi connectivity index (χ0n) is 10.1. The molecule has 90 valence electrons. The topological polar surface area (TPSA) is 56.7 Å². The molecule has 0 bridgehead atoms. The number of aromatic nitrogens is 3. The van der Waals surface area contributed by atoms with Crippen molar-refractivity contribution in [2.45, 2.75) is 26.3 Å². The highest BCUT2D eigenvalue weighted by atomic mass is 79.9. The molecule has 5 heteroatoms. The summed E-state index contributed by atoms with van der Waals surface area (Å²) in [4.78, 5) is 0. The fourth-order valence-electron chi connectivity index (χ4n) is 1.55. The van der Waals surface area contributed by atoms with Crippen molar-refractivity contribution in [3.8, 4) is 5.69 Å². The van der Waals surface area contributed by atoms with Crippen LogP contribution in [0.2, 0.25) is 0 Å². The molecule has 0 aliphatic heterocycles. The van der Waals surface area contributed by atoms with Crippen molar-refractivity contribution >= 4 is 15.9 Å². The van der Waals surface area contributed by atoms with Crippen LogP contribution in [-0.2, 0) is 5.54 Å². The van der Waals surface area contributed by atoms with Crippen LogP contribution < -0.4 is 5.73 Å². The number of hydrogen-bond donors (Lipinski definition) is 1. The van der Waals surface area contributed by atoms with E-state index in [2.05, 4.69) is 26.2 Å². The van der Waals surface area contributed by atoms with Crippen LogP contribution in [0, 0.1) is 6.92 Å². The molecule has 0 radical (unpaired) electrons. The van der Waals surface area contributed by atoms with E-state index in [1.165, 1.54) is 0 Å². The van der Waals surface area contributed by atoms with Gasteiger partial charge in [-0.05, 0) is 44.5 Å². The van der Waals surface area contributed by atoms with Gasteiger partial charge in [0.1, 0.15) is 5.69 Å². The molecular formula is C12H15BrN4. The molecule has 0 aliphatic carbocycles. The van der Waals surface area contributed by atoms with Crippen molar-refractivity contribution in [3.05, 3.63) is 40.1 Å². The molecule has 2 N–H and O–H groups in total. The SMILES string of the molecule is Cc1cc(Br)ccc1-n1cc(C(C)(C)N)nn1. The van der Waals surface area contributed by atoms with Gasteiger partial charge in [-0.15, -0.1) is 5.10 Å². The summed E-state index contributed by atoms with van der Waals surface area (Å²) in [5, 5.41) is 8.22. The van der Waals surface area contributed by atoms with Crippen molar-refractivity contribution in [3.63, 3.8) is 0 Å². The van der Waals surface area contributed by atoms with Gasteiger partial charge in [-0.3, -0.25) is 0 Å². The fraction of sp³-hybridized carbons (Fsp3) is 0.333. The Labute approximate surface area is 109 Å². The van der Waals surface area contributed by atoms with Crippen LogP contribution in [0.15, 0.2) is 28.9 Å². The summed E-state index contributed by atoms with van der Waals surface area (Å²) in [7, 11) is 0. The molecule has 1 aromatic heterocycles. The third-order valence-corrected chi connectivity index (χ3v) is 3.05. The zero-order chi connectivity index (χ0) is 12.6. The molecule has 2 rings (SSSR count). The second-order valence-electron chi connectivity index (χ2n) is 4.70. The predicted molar refractivity (Wildman–Crippen MR) is 71.0 cm³/mol. The summed E-state index contributed by atoms with van der Waals surface area (Å²) >= 11 is 3.44. The standard InChI is InChI=1S/C12H15BrN4/c1-8-6-9(13)4-5-10(8)17-7-11(15-16-17)12(2,3)14/h4-7H,14H2,1-3H3. The minimum Gasteiger partial charge on any atom is -0.320 e. The molecule has 1 aromatic carbocycles. The average molecular weight is 295 g/mol. The first-order valence-corrected chi connectivity index (χ1v) is 6.15. The molecule has 0 amide bonds. The van der Waals surface area contributed by atoms with Gasteiger partial charge in [0.2, 0.25) is 0 Å². The molecule has 0 fully saturated rings. The summed E-state index contributed by atoms with van der Waals surface area (Å²) in [5.41, 5.74) is 8.43. The van der Waals surface area contributed by atoms with Gasteiger partial charge in [0.15, 0.2) is 0 Å². The van der Waals surface area contributed by atoms with E-state index in [-0.39, 0.29) is 0 Å². The van der Waals surface area contributed by atoms with Crippen molar-refractivity contribution in [1.82, 2.24) is 15.0 Å². The second kappa shape index (κ2) is 4.23. The summed E-state index contributed by atoms with van der Waals surface area (Å²) in [6.07, 6.45) is 1.87. The van der Waals surface area contributed by atoms with Crippen molar-refractivity contribution < 1.29 is 0 Å². The number of benzene rings is 1. The normalized spacial score (nSPS) is 11.8. The van der Waals surface area contributed by atoms with Gasteiger partial charge in [-0.2, -0.15) is 0 Å². The minimum atomic E-state index is -0.471. The van der Waals surface area contributed by atoms with Gasteiger partial charge >= 0.3 is 0 Å². The minimum absolute atomic E-state index is 0.471. The molecule has 4 nitrogen and oxygen atoms in total. The van der Waals surface area contributed by atoms with E-state index in [0.29, 0.717) is 0 Å². The Kier molecular flexibility index (Phi) is 3.05. The van der Waals surface area contributed by atoms with Gasteiger partial charge in [0, 0.05) is 4.47 Å². The predicted octanol–water partition coefficient (Wildman–Crippen LogP) is 2.53. The summed E-state index contributed by atoms with van der Waals surface area (Å²) in [5.74, 6) is 0. The zero-order valence-corrected chi connectivity index (χ0v) is 11.7. The van der Waals surface area contributed by atoms with Crippen LogP contribution in [-0.4, -0.2) is 15.0 Å². The van der Waals surface area contributed by atoms with E-state index in [1.54, 1.807) is 4.68 Å². The maximum atomic E-state index is 5.99. The quantitative estimate of drug-likeness (QED) is 0.926. The maximum Gasteiger partial charge on any atom is 0.102 e. The van der Waals surface area contributed by atoms with E-state index in [4.69, 9.17) is 5.73 Å². The van der Waals surface area contributed by atoms with Crippen molar-refractivity contribution in [1.29, 1.82) is 0 Å². The smallest absolute Gasteiger partial charge is 0.102 e. The van der Waals surface area contributed by atoms with E-state index in [1.807, 2.05) is 45.2 Å². The number of hydrogen-bond acceptors (Lipinski definition) is 3. The second-order valence-corrected chi connectivity index (χ2v) is 5.62. The van der Waals surface area contributed by atoms with Gasteiger partial charge in [-0.1, -0.05) is 21.1 Å². The molecule has 0 spiro atoms. The molecule has 0 saturated heterocycles. The van der Waals surface area contributed by atoms with E-state index in [9.17, 15) is 0 Å².